The van der Waals surface area contributed by atoms with Crippen LogP contribution in [-0.2, 0) is 25.4 Å². The van der Waals surface area contributed by atoms with Crippen molar-refractivity contribution in [3.05, 3.63) is 53.3 Å². The van der Waals surface area contributed by atoms with Gasteiger partial charge in [-0.05, 0) is 23.6 Å². The lowest BCUT2D eigenvalue weighted by Gasteiger charge is -2.27. The largest absolute Gasteiger partial charge is 0.356 e. The SMILES string of the molecule is CCc1ccc(C(C)(C)CNC(=NC)NCc2ccnn2C)cc1. The zero-order valence-corrected chi connectivity index (χ0v) is 15.4. The number of guanidine groups is 1. The van der Waals surface area contributed by atoms with Gasteiger partial charge in [-0.2, -0.15) is 5.10 Å². The van der Waals surface area contributed by atoms with Gasteiger partial charge in [0, 0.05) is 32.3 Å². The Morgan fingerprint density at radius 3 is 2.42 bits per heavy atom. The molecule has 0 unspecified atom stereocenters. The van der Waals surface area contributed by atoms with Gasteiger partial charge in [0.2, 0.25) is 0 Å². The van der Waals surface area contributed by atoms with Gasteiger partial charge in [0.15, 0.2) is 5.96 Å². The lowest BCUT2D eigenvalue weighted by Crippen LogP contribution is -2.43. The second kappa shape index (κ2) is 7.99. The second-order valence-electron chi connectivity index (χ2n) is 6.66. The second-order valence-corrected chi connectivity index (χ2v) is 6.66. The fraction of sp³-hybridized carbons (Fsp3) is 0.474. The van der Waals surface area contributed by atoms with Gasteiger partial charge in [-0.3, -0.25) is 9.67 Å². The highest BCUT2D eigenvalue weighted by Crippen LogP contribution is 2.22. The van der Waals surface area contributed by atoms with Crippen molar-refractivity contribution in [1.29, 1.82) is 0 Å². The lowest BCUT2D eigenvalue weighted by atomic mass is 9.84. The molecule has 0 aliphatic heterocycles. The van der Waals surface area contributed by atoms with Crippen LogP contribution in [0.25, 0.3) is 0 Å². The lowest BCUT2D eigenvalue weighted by molar-refractivity contribution is 0.508. The van der Waals surface area contributed by atoms with Gasteiger partial charge in [-0.1, -0.05) is 45.0 Å². The first kappa shape index (κ1) is 18.0. The van der Waals surface area contributed by atoms with E-state index in [0.717, 1.165) is 24.6 Å². The molecule has 1 aromatic carbocycles. The van der Waals surface area contributed by atoms with Crippen molar-refractivity contribution in [2.45, 2.75) is 39.2 Å². The molecule has 0 aliphatic rings. The average Bonchev–Trinajstić information content (AvgIpc) is 3.00. The van der Waals surface area contributed by atoms with Gasteiger partial charge in [0.25, 0.3) is 0 Å². The summed E-state index contributed by atoms with van der Waals surface area (Å²) in [5, 5.41) is 10.9. The van der Waals surface area contributed by atoms with Crippen LogP contribution >= 0.6 is 0 Å². The molecule has 5 heteroatoms. The first-order valence-corrected chi connectivity index (χ1v) is 8.47. The number of aliphatic imine (C=N–C) groups is 1. The fourth-order valence-corrected chi connectivity index (χ4v) is 2.57. The van der Waals surface area contributed by atoms with Crippen molar-refractivity contribution < 1.29 is 0 Å². The molecule has 1 aromatic heterocycles. The summed E-state index contributed by atoms with van der Waals surface area (Å²) < 4.78 is 1.86. The number of hydrogen-bond acceptors (Lipinski definition) is 2. The Labute approximate surface area is 145 Å². The van der Waals surface area contributed by atoms with Crippen LogP contribution in [0, 0.1) is 0 Å². The number of nitrogens with zero attached hydrogens (tertiary/aromatic N) is 3. The smallest absolute Gasteiger partial charge is 0.191 e. The van der Waals surface area contributed by atoms with Crippen LogP contribution in [0.5, 0.6) is 0 Å². The Morgan fingerprint density at radius 2 is 1.88 bits per heavy atom. The van der Waals surface area contributed by atoms with Gasteiger partial charge >= 0.3 is 0 Å². The van der Waals surface area contributed by atoms with Crippen molar-refractivity contribution in [1.82, 2.24) is 20.4 Å². The van der Waals surface area contributed by atoms with E-state index in [1.807, 2.05) is 17.8 Å². The molecular weight excluding hydrogens is 298 g/mol. The third kappa shape index (κ3) is 4.60. The van der Waals surface area contributed by atoms with Crippen LogP contribution in [0.4, 0.5) is 0 Å². The zero-order valence-electron chi connectivity index (χ0n) is 15.4. The summed E-state index contributed by atoms with van der Waals surface area (Å²) in [5.74, 6) is 0.800. The molecule has 2 aromatic rings. The minimum absolute atomic E-state index is 0.0242. The van der Waals surface area contributed by atoms with Crippen molar-refractivity contribution in [2.75, 3.05) is 13.6 Å². The van der Waals surface area contributed by atoms with Gasteiger partial charge in [0.1, 0.15) is 0 Å². The van der Waals surface area contributed by atoms with E-state index in [1.54, 1.807) is 13.2 Å². The maximum absolute atomic E-state index is 4.31. The molecule has 0 amide bonds. The standard InChI is InChI=1S/C19H29N5/c1-6-15-7-9-16(10-8-15)19(2,3)14-22-18(20-4)21-13-17-11-12-23-24(17)5/h7-12H,6,13-14H2,1-5H3,(H2,20,21,22). The molecule has 0 saturated heterocycles. The van der Waals surface area contributed by atoms with Crippen molar-refractivity contribution in [2.24, 2.45) is 12.0 Å². The molecule has 0 saturated carbocycles. The van der Waals surface area contributed by atoms with Crippen LogP contribution in [0.2, 0.25) is 0 Å². The molecule has 2 rings (SSSR count). The maximum atomic E-state index is 4.31. The van der Waals surface area contributed by atoms with E-state index >= 15 is 0 Å². The molecule has 2 N–H and O–H groups in total. The average molecular weight is 327 g/mol. The summed E-state index contributed by atoms with van der Waals surface area (Å²) in [7, 11) is 3.73. The van der Waals surface area contributed by atoms with Crippen LogP contribution in [0.3, 0.4) is 0 Å². The van der Waals surface area contributed by atoms with Gasteiger partial charge in [0.05, 0.1) is 12.2 Å². The molecule has 130 valence electrons. The Balaban J connectivity index is 1.92. The predicted molar refractivity (Wildman–Crippen MR) is 100 cm³/mol. The highest BCUT2D eigenvalue weighted by Gasteiger charge is 2.20. The van der Waals surface area contributed by atoms with E-state index in [9.17, 15) is 0 Å². The molecule has 0 atom stereocenters. The summed E-state index contributed by atoms with van der Waals surface area (Å²) in [6.07, 6.45) is 2.87. The molecule has 5 nitrogen and oxygen atoms in total. The summed E-state index contributed by atoms with van der Waals surface area (Å²) in [6.45, 7) is 8.18. The number of rotatable bonds is 6. The van der Waals surface area contributed by atoms with Crippen LogP contribution in [-0.4, -0.2) is 29.3 Å². The molecule has 0 aliphatic carbocycles. The van der Waals surface area contributed by atoms with Crippen LogP contribution < -0.4 is 10.6 Å². The van der Waals surface area contributed by atoms with Crippen molar-refractivity contribution in [3.63, 3.8) is 0 Å². The molecule has 24 heavy (non-hydrogen) atoms. The maximum Gasteiger partial charge on any atom is 0.191 e. The van der Waals surface area contributed by atoms with Gasteiger partial charge in [-0.15, -0.1) is 0 Å². The first-order chi connectivity index (χ1) is 11.5. The zero-order chi connectivity index (χ0) is 17.6. The highest BCUT2D eigenvalue weighted by atomic mass is 15.3. The van der Waals surface area contributed by atoms with E-state index in [0.29, 0.717) is 6.54 Å². The third-order valence-electron chi connectivity index (χ3n) is 4.42. The summed E-state index contributed by atoms with van der Waals surface area (Å²) in [5.41, 5.74) is 3.84. The molecule has 0 bridgehead atoms. The minimum atomic E-state index is 0.0242. The molecule has 0 spiro atoms. The Morgan fingerprint density at radius 1 is 1.17 bits per heavy atom. The molecule has 0 radical (unpaired) electrons. The number of hydrogen-bond donors (Lipinski definition) is 2. The van der Waals surface area contributed by atoms with E-state index in [4.69, 9.17) is 0 Å². The van der Waals surface area contributed by atoms with Crippen LogP contribution in [0.15, 0.2) is 41.5 Å². The Bertz CT molecular complexity index is 667. The van der Waals surface area contributed by atoms with Crippen molar-refractivity contribution in [3.8, 4) is 0 Å². The quantitative estimate of drug-likeness (QED) is 0.633. The Hall–Kier alpha value is -2.30. The number of aryl methyl sites for hydroxylation is 2. The summed E-state index contributed by atoms with van der Waals surface area (Å²) in [6, 6.07) is 10.9. The molecular formula is C19H29N5. The first-order valence-electron chi connectivity index (χ1n) is 8.47. The van der Waals surface area contributed by atoms with Crippen molar-refractivity contribution >= 4 is 5.96 Å². The fourth-order valence-electron chi connectivity index (χ4n) is 2.57. The number of nitrogens with one attached hydrogen (secondary N) is 2. The van der Waals surface area contributed by atoms with E-state index in [-0.39, 0.29) is 5.41 Å². The number of benzene rings is 1. The topological polar surface area (TPSA) is 54.2 Å². The minimum Gasteiger partial charge on any atom is -0.356 e. The summed E-state index contributed by atoms with van der Waals surface area (Å²) >= 11 is 0. The predicted octanol–water partition coefficient (Wildman–Crippen LogP) is 2.63. The monoisotopic (exact) mass is 327 g/mol. The Kier molecular flexibility index (Phi) is 6.01. The highest BCUT2D eigenvalue weighted by molar-refractivity contribution is 5.79. The van der Waals surface area contributed by atoms with E-state index < -0.39 is 0 Å². The van der Waals surface area contributed by atoms with Crippen LogP contribution in [0.1, 0.15) is 37.6 Å². The van der Waals surface area contributed by atoms with E-state index in [2.05, 4.69) is 65.8 Å². The number of aromatic nitrogens is 2. The normalized spacial score (nSPS) is 12.3. The molecule has 1 heterocycles. The molecule has 0 fully saturated rings. The van der Waals surface area contributed by atoms with Gasteiger partial charge in [-0.25, -0.2) is 0 Å². The van der Waals surface area contributed by atoms with E-state index in [1.165, 1.54) is 11.1 Å². The van der Waals surface area contributed by atoms with Gasteiger partial charge < -0.3 is 10.6 Å². The third-order valence-corrected chi connectivity index (χ3v) is 4.42. The summed E-state index contributed by atoms with van der Waals surface area (Å²) in [4.78, 5) is 4.31.